The van der Waals surface area contributed by atoms with Gasteiger partial charge in [0.2, 0.25) is 5.91 Å². The molecule has 38 heavy (non-hydrogen) atoms. The summed E-state index contributed by atoms with van der Waals surface area (Å²) in [5, 5.41) is 9.57. The molecule has 5 rings (SSSR count). The summed E-state index contributed by atoms with van der Waals surface area (Å²) in [6, 6.07) is 6.52. The third kappa shape index (κ3) is 5.84. The summed E-state index contributed by atoms with van der Waals surface area (Å²) < 4.78 is 27.2. The Labute approximate surface area is 227 Å². The lowest BCUT2D eigenvalue weighted by Crippen LogP contribution is -2.41. The molecule has 0 spiro atoms. The molecular weight excluding hydrogens is 507 g/mol. The second-order valence-electron chi connectivity index (χ2n) is 10.8. The van der Waals surface area contributed by atoms with E-state index >= 15 is 0 Å². The number of hydrogen-bond donors (Lipinski definition) is 0. The number of carbonyl (C=O) groups is 2. The van der Waals surface area contributed by atoms with Crippen molar-refractivity contribution in [2.24, 2.45) is 23.7 Å². The van der Waals surface area contributed by atoms with E-state index < -0.39 is 5.82 Å². The van der Waals surface area contributed by atoms with Gasteiger partial charge in [0, 0.05) is 19.1 Å². The van der Waals surface area contributed by atoms with Crippen molar-refractivity contribution < 1.29 is 23.5 Å². The molecule has 0 unspecified atom stereocenters. The number of fused-ring (bicyclic) bond motifs is 2. The van der Waals surface area contributed by atoms with E-state index in [0.717, 1.165) is 5.92 Å². The Morgan fingerprint density at radius 3 is 2.61 bits per heavy atom. The van der Waals surface area contributed by atoms with Crippen LogP contribution < -0.4 is 4.74 Å². The molecular formula is C28H37FN4O4S. The van der Waals surface area contributed by atoms with E-state index in [-0.39, 0.29) is 41.9 Å². The molecule has 2 saturated carbocycles. The third-order valence-electron chi connectivity index (χ3n) is 8.54. The van der Waals surface area contributed by atoms with E-state index in [1.165, 1.54) is 43.5 Å². The van der Waals surface area contributed by atoms with E-state index in [1.54, 1.807) is 18.2 Å². The lowest BCUT2D eigenvalue weighted by molar-refractivity contribution is -0.151. The minimum Gasteiger partial charge on any atom is -0.483 e. The van der Waals surface area contributed by atoms with Crippen LogP contribution in [0.4, 0.5) is 4.39 Å². The second kappa shape index (κ2) is 12.1. The molecule has 3 aliphatic rings. The van der Waals surface area contributed by atoms with Gasteiger partial charge in [-0.1, -0.05) is 30.3 Å². The summed E-state index contributed by atoms with van der Waals surface area (Å²) >= 11 is 1.39. The molecule has 2 aliphatic carbocycles. The monoisotopic (exact) mass is 544 g/mol. The smallest absolute Gasteiger partial charge is 0.309 e. The number of thioether (sulfide) groups is 1. The Morgan fingerprint density at radius 2 is 1.92 bits per heavy atom. The summed E-state index contributed by atoms with van der Waals surface area (Å²) in [5.41, 5.74) is 0. The molecule has 0 radical (unpaired) electrons. The van der Waals surface area contributed by atoms with Crippen LogP contribution in [0.2, 0.25) is 0 Å². The number of amides is 1. The average molecular weight is 545 g/mol. The molecule has 4 atom stereocenters. The Kier molecular flexibility index (Phi) is 8.55. The zero-order valence-electron chi connectivity index (χ0n) is 22.2. The fourth-order valence-corrected chi connectivity index (χ4v) is 7.48. The maximum Gasteiger partial charge on any atom is 0.309 e. The summed E-state index contributed by atoms with van der Waals surface area (Å²) in [7, 11) is 0. The molecule has 8 nitrogen and oxygen atoms in total. The summed E-state index contributed by atoms with van der Waals surface area (Å²) in [4.78, 5) is 26.9. The zero-order chi connectivity index (χ0) is 26.6. The predicted octanol–water partition coefficient (Wildman–Crippen LogP) is 4.89. The van der Waals surface area contributed by atoms with Crippen molar-refractivity contribution >= 4 is 23.6 Å². The standard InChI is InChI=1S/C28H37FN4O4S/c1-3-36-27(35)20-10-12-32(13-11-20)26(34)17-38-28-31-30-25(16-37-24-7-5-4-6-23(24)29)33(28)18(2)22-15-19-8-9-21(22)14-19/h4-7,18-22H,3,8-17H2,1-2H3/t18-,19-,21-,22+/m0/s1. The van der Waals surface area contributed by atoms with Gasteiger partial charge >= 0.3 is 5.97 Å². The van der Waals surface area contributed by atoms with Crippen LogP contribution in [0.3, 0.4) is 0 Å². The first kappa shape index (κ1) is 27.0. The van der Waals surface area contributed by atoms with Gasteiger partial charge in [-0.3, -0.25) is 14.2 Å². The minimum absolute atomic E-state index is 0.0311. The average Bonchev–Trinajstić information content (AvgIpc) is 3.67. The molecule has 0 N–H and O–H groups in total. The Balaban J connectivity index is 1.25. The number of likely N-dealkylation sites (tertiary alicyclic amines) is 1. The van der Waals surface area contributed by atoms with Gasteiger partial charge in [-0.25, -0.2) is 4.39 Å². The van der Waals surface area contributed by atoms with Gasteiger partial charge in [0.25, 0.3) is 0 Å². The molecule has 3 fully saturated rings. The highest BCUT2D eigenvalue weighted by atomic mass is 32.2. The highest BCUT2D eigenvalue weighted by Gasteiger charge is 2.43. The van der Waals surface area contributed by atoms with Gasteiger partial charge in [0.05, 0.1) is 18.3 Å². The van der Waals surface area contributed by atoms with Gasteiger partial charge in [-0.15, -0.1) is 10.2 Å². The van der Waals surface area contributed by atoms with Crippen LogP contribution in [0, 0.1) is 29.5 Å². The zero-order valence-corrected chi connectivity index (χ0v) is 23.0. The summed E-state index contributed by atoms with van der Waals surface area (Å²) in [6.07, 6.45) is 6.35. The highest BCUT2D eigenvalue weighted by molar-refractivity contribution is 7.99. The number of rotatable bonds is 10. The lowest BCUT2D eigenvalue weighted by Gasteiger charge is -2.31. The highest BCUT2D eigenvalue weighted by Crippen LogP contribution is 2.52. The first-order valence-corrected chi connectivity index (χ1v) is 14.8. The number of piperidine rings is 1. The molecule has 2 bridgehead atoms. The quantitative estimate of drug-likeness (QED) is 0.311. The van der Waals surface area contributed by atoms with Gasteiger partial charge < -0.3 is 14.4 Å². The molecule has 2 heterocycles. The van der Waals surface area contributed by atoms with Crippen LogP contribution in [0.5, 0.6) is 5.75 Å². The van der Waals surface area contributed by atoms with Gasteiger partial charge in [-0.2, -0.15) is 0 Å². The van der Waals surface area contributed by atoms with Crippen LogP contribution in [-0.4, -0.2) is 57.0 Å². The Morgan fingerprint density at radius 1 is 1.13 bits per heavy atom. The number of benzene rings is 1. The molecule has 1 aromatic carbocycles. The molecule has 1 aromatic heterocycles. The topological polar surface area (TPSA) is 86.6 Å². The number of carbonyl (C=O) groups excluding carboxylic acids is 2. The van der Waals surface area contributed by atoms with Crippen molar-refractivity contribution in [1.29, 1.82) is 0 Å². The summed E-state index contributed by atoms with van der Waals surface area (Å²) in [5.74, 6) is 2.45. The molecule has 1 saturated heterocycles. The minimum atomic E-state index is -0.411. The SMILES string of the molecule is CCOC(=O)C1CCN(C(=O)CSc2nnc(COc3ccccc3F)n2[C@@H](C)[C@H]2C[C@H]3CC[C@H]2C3)CC1. The molecule has 2 aromatic rings. The largest absolute Gasteiger partial charge is 0.483 e. The fraction of sp³-hybridized carbons (Fsp3) is 0.643. The van der Waals surface area contributed by atoms with Crippen molar-refractivity contribution in [3.05, 3.63) is 35.9 Å². The number of esters is 1. The number of hydrogen-bond acceptors (Lipinski definition) is 7. The van der Waals surface area contributed by atoms with Gasteiger partial charge in [0.15, 0.2) is 22.5 Å². The lowest BCUT2D eigenvalue weighted by atomic mass is 9.84. The number of ether oxygens (including phenoxy) is 2. The van der Waals surface area contributed by atoms with E-state index in [4.69, 9.17) is 9.47 Å². The molecule has 10 heteroatoms. The first-order chi connectivity index (χ1) is 18.4. The van der Waals surface area contributed by atoms with Crippen LogP contribution in [0.25, 0.3) is 0 Å². The van der Waals surface area contributed by atoms with Crippen LogP contribution in [0.1, 0.15) is 64.2 Å². The van der Waals surface area contributed by atoms with E-state index in [2.05, 4.69) is 21.7 Å². The third-order valence-corrected chi connectivity index (χ3v) is 9.47. The normalized spacial score (nSPS) is 24.0. The molecule has 1 amide bonds. The van der Waals surface area contributed by atoms with Crippen molar-refractivity contribution in [1.82, 2.24) is 19.7 Å². The van der Waals surface area contributed by atoms with E-state index in [9.17, 15) is 14.0 Å². The maximum absolute atomic E-state index is 14.2. The Hall–Kier alpha value is -2.62. The first-order valence-electron chi connectivity index (χ1n) is 13.8. The number of aromatic nitrogens is 3. The number of nitrogens with zero attached hydrogens (tertiary/aromatic N) is 4. The Bertz CT molecular complexity index is 1140. The number of para-hydroxylation sites is 1. The maximum atomic E-state index is 14.2. The predicted molar refractivity (Wildman–Crippen MR) is 141 cm³/mol. The molecule has 206 valence electrons. The van der Waals surface area contributed by atoms with Crippen LogP contribution in [0.15, 0.2) is 29.4 Å². The van der Waals surface area contributed by atoms with Crippen molar-refractivity contribution in [3.63, 3.8) is 0 Å². The van der Waals surface area contributed by atoms with E-state index in [0.29, 0.717) is 55.4 Å². The van der Waals surface area contributed by atoms with Crippen molar-refractivity contribution in [2.75, 3.05) is 25.4 Å². The molecule has 1 aliphatic heterocycles. The van der Waals surface area contributed by atoms with Gasteiger partial charge in [0.1, 0.15) is 6.61 Å². The van der Waals surface area contributed by atoms with Crippen LogP contribution in [-0.2, 0) is 20.9 Å². The van der Waals surface area contributed by atoms with Crippen molar-refractivity contribution in [2.45, 2.75) is 70.2 Å². The summed E-state index contributed by atoms with van der Waals surface area (Å²) in [6.45, 7) is 5.62. The second-order valence-corrected chi connectivity index (χ2v) is 11.7. The van der Waals surface area contributed by atoms with E-state index in [1.807, 2.05) is 11.8 Å². The number of halogens is 1. The van der Waals surface area contributed by atoms with Crippen LogP contribution >= 0.6 is 11.8 Å². The van der Waals surface area contributed by atoms with Gasteiger partial charge in [-0.05, 0) is 75.8 Å². The fourth-order valence-electron chi connectivity index (χ4n) is 6.54. The van der Waals surface area contributed by atoms with Crippen molar-refractivity contribution in [3.8, 4) is 5.75 Å².